The van der Waals surface area contributed by atoms with E-state index in [0.29, 0.717) is 17.7 Å². The highest BCUT2D eigenvalue weighted by molar-refractivity contribution is 5.91. The van der Waals surface area contributed by atoms with Crippen LogP contribution in [0.5, 0.6) is 6.08 Å². The van der Waals surface area contributed by atoms with Crippen molar-refractivity contribution in [1.82, 2.24) is 4.98 Å². The summed E-state index contributed by atoms with van der Waals surface area (Å²) in [5, 5.41) is 8.79. The van der Waals surface area contributed by atoms with Crippen molar-refractivity contribution in [3.63, 3.8) is 0 Å². The fourth-order valence-corrected chi connectivity index (χ4v) is 1.23. The van der Waals surface area contributed by atoms with Gasteiger partial charge in [-0.1, -0.05) is 12.7 Å². The smallest absolute Gasteiger partial charge is 0.394 e. The fraction of sp³-hybridized carbons (Fsp3) is 0.0909. The summed E-state index contributed by atoms with van der Waals surface area (Å²) in [4.78, 5) is 14.7. The second-order valence-electron chi connectivity index (χ2n) is 3.07. The van der Waals surface area contributed by atoms with Gasteiger partial charge in [0.25, 0.3) is 0 Å². The summed E-state index contributed by atoms with van der Waals surface area (Å²) in [6.45, 7) is 3.79. The van der Waals surface area contributed by atoms with Crippen LogP contribution in [0.25, 0.3) is 11.1 Å². The number of fused-ring (bicyclic) bond motifs is 1. The number of ether oxygens (including phenoxy) is 1. The summed E-state index contributed by atoms with van der Waals surface area (Å²) in [5.74, 6) is -1.01. The number of carbonyl (C=O) groups is 1. The molecular weight excluding hydrogens is 210 g/mol. The van der Waals surface area contributed by atoms with Crippen molar-refractivity contribution in [1.29, 1.82) is 0 Å². The van der Waals surface area contributed by atoms with E-state index in [1.807, 2.05) is 0 Å². The predicted molar refractivity (Wildman–Crippen MR) is 56.7 cm³/mol. The Morgan fingerprint density at radius 2 is 2.44 bits per heavy atom. The van der Waals surface area contributed by atoms with Gasteiger partial charge in [0, 0.05) is 0 Å². The van der Waals surface area contributed by atoms with Gasteiger partial charge in [0.2, 0.25) is 0 Å². The van der Waals surface area contributed by atoms with Gasteiger partial charge in [-0.25, -0.2) is 4.79 Å². The lowest BCUT2D eigenvalue weighted by molar-refractivity contribution is 0.0697. The summed E-state index contributed by atoms with van der Waals surface area (Å²) < 4.78 is 10.3. The first kappa shape index (κ1) is 10.2. The molecule has 1 aromatic heterocycles. The Kier molecular flexibility index (Phi) is 2.59. The molecule has 2 rings (SSSR count). The molecule has 0 saturated carbocycles. The summed E-state index contributed by atoms with van der Waals surface area (Å²) >= 11 is 0. The molecule has 1 aromatic carbocycles. The Balaban J connectivity index is 2.37. The van der Waals surface area contributed by atoms with E-state index in [0.717, 1.165) is 0 Å². The molecule has 5 nitrogen and oxygen atoms in total. The van der Waals surface area contributed by atoms with Crippen LogP contribution in [-0.4, -0.2) is 22.7 Å². The Morgan fingerprint density at radius 3 is 3.12 bits per heavy atom. The zero-order valence-electron chi connectivity index (χ0n) is 8.34. The SMILES string of the molecule is C=CCOc1nc2ccc(C(=O)O)cc2o1. The Hall–Kier alpha value is -2.30. The number of aromatic carboxylic acids is 1. The highest BCUT2D eigenvalue weighted by Crippen LogP contribution is 2.21. The molecule has 1 N–H and O–H groups in total. The molecule has 0 aliphatic heterocycles. The number of nitrogens with zero attached hydrogens (tertiary/aromatic N) is 1. The standard InChI is InChI=1S/C11H9NO4/c1-2-5-15-11-12-8-4-3-7(10(13)14)6-9(8)16-11/h2-4,6H,1,5H2,(H,13,14). The van der Waals surface area contributed by atoms with Crippen molar-refractivity contribution in [2.24, 2.45) is 0 Å². The Morgan fingerprint density at radius 1 is 1.62 bits per heavy atom. The van der Waals surface area contributed by atoms with Crippen LogP contribution in [-0.2, 0) is 0 Å². The molecule has 0 radical (unpaired) electrons. The molecule has 2 aromatic rings. The van der Waals surface area contributed by atoms with Crippen molar-refractivity contribution in [3.05, 3.63) is 36.4 Å². The van der Waals surface area contributed by atoms with Crippen LogP contribution in [0.1, 0.15) is 10.4 Å². The molecule has 0 atom stereocenters. The second-order valence-corrected chi connectivity index (χ2v) is 3.07. The number of hydrogen-bond donors (Lipinski definition) is 1. The van der Waals surface area contributed by atoms with Crippen molar-refractivity contribution in [2.75, 3.05) is 6.61 Å². The molecule has 0 bridgehead atoms. The van der Waals surface area contributed by atoms with Crippen LogP contribution < -0.4 is 4.74 Å². The number of aromatic nitrogens is 1. The lowest BCUT2D eigenvalue weighted by Gasteiger charge is -1.92. The van der Waals surface area contributed by atoms with Crippen molar-refractivity contribution in [3.8, 4) is 6.08 Å². The average molecular weight is 219 g/mol. The molecule has 0 fully saturated rings. The number of carboxylic acids is 1. The van der Waals surface area contributed by atoms with Crippen LogP contribution >= 0.6 is 0 Å². The van der Waals surface area contributed by atoms with Gasteiger partial charge in [-0.15, -0.1) is 0 Å². The predicted octanol–water partition coefficient (Wildman–Crippen LogP) is 2.09. The van der Waals surface area contributed by atoms with E-state index in [1.54, 1.807) is 12.1 Å². The summed E-state index contributed by atoms with van der Waals surface area (Å²) in [7, 11) is 0. The second kappa shape index (κ2) is 4.06. The third-order valence-electron chi connectivity index (χ3n) is 1.94. The zero-order chi connectivity index (χ0) is 11.5. The number of hydrogen-bond acceptors (Lipinski definition) is 4. The van der Waals surface area contributed by atoms with Gasteiger partial charge < -0.3 is 14.3 Å². The van der Waals surface area contributed by atoms with Gasteiger partial charge >= 0.3 is 12.0 Å². The average Bonchev–Trinajstić information content (AvgIpc) is 2.67. The number of carboxylic acid groups (broad SMARTS) is 1. The molecule has 0 aliphatic rings. The molecule has 0 amide bonds. The van der Waals surface area contributed by atoms with Gasteiger partial charge in [0.1, 0.15) is 12.1 Å². The maximum atomic E-state index is 10.7. The number of benzene rings is 1. The van der Waals surface area contributed by atoms with Crippen molar-refractivity contribution < 1.29 is 19.1 Å². The molecule has 82 valence electrons. The topological polar surface area (TPSA) is 72.6 Å². The summed E-state index contributed by atoms with van der Waals surface area (Å²) in [5.41, 5.74) is 1.10. The van der Waals surface area contributed by atoms with Crippen molar-refractivity contribution in [2.45, 2.75) is 0 Å². The van der Waals surface area contributed by atoms with E-state index in [-0.39, 0.29) is 11.6 Å². The maximum Gasteiger partial charge on any atom is 0.394 e. The van der Waals surface area contributed by atoms with Gasteiger partial charge in [-0.05, 0) is 18.2 Å². The van der Waals surface area contributed by atoms with Gasteiger partial charge in [-0.2, -0.15) is 4.98 Å². The van der Waals surface area contributed by atoms with E-state index >= 15 is 0 Å². The van der Waals surface area contributed by atoms with Gasteiger partial charge in [0.05, 0.1) is 5.56 Å². The normalized spacial score (nSPS) is 10.2. The minimum absolute atomic E-state index is 0.109. The first-order valence-corrected chi connectivity index (χ1v) is 4.58. The summed E-state index contributed by atoms with van der Waals surface area (Å²) in [6.07, 6.45) is 1.68. The third kappa shape index (κ3) is 1.88. The molecule has 0 saturated heterocycles. The lowest BCUT2D eigenvalue weighted by atomic mass is 10.2. The molecular formula is C11H9NO4. The maximum absolute atomic E-state index is 10.7. The first-order chi connectivity index (χ1) is 7.70. The lowest BCUT2D eigenvalue weighted by Crippen LogP contribution is -1.94. The van der Waals surface area contributed by atoms with E-state index in [4.69, 9.17) is 14.3 Å². The highest BCUT2D eigenvalue weighted by atomic mass is 16.6. The molecule has 0 unspecified atom stereocenters. The van der Waals surface area contributed by atoms with E-state index in [1.165, 1.54) is 12.1 Å². The number of oxazole rings is 1. The van der Waals surface area contributed by atoms with Crippen LogP contribution in [0.15, 0.2) is 35.3 Å². The van der Waals surface area contributed by atoms with Crippen molar-refractivity contribution >= 4 is 17.1 Å². The molecule has 16 heavy (non-hydrogen) atoms. The molecule has 1 heterocycles. The van der Waals surface area contributed by atoms with Gasteiger partial charge in [-0.3, -0.25) is 0 Å². The Bertz CT molecular complexity index is 544. The van der Waals surface area contributed by atoms with Crippen LogP contribution in [0.2, 0.25) is 0 Å². The third-order valence-corrected chi connectivity index (χ3v) is 1.94. The van der Waals surface area contributed by atoms with Crippen LogP contribution in [0.3, 0.4) is 0 Å². The van der Waals surface area contributed by atoms with Gasteiger partial charge in [0.15, 0.2) is 5.58 Å². The minimum Gasteiger partial charge on any atom is -0.478 e. The molecule has 5 heteroatoms. The quantitative estimate of drug-likeness (QED) is 0.797. The highest BCUT2D eigenvalue weighted by Gasteiger charge is 2.09. The minimum atomic E-state index is -1.01. The van der Waals surface area contributed by atoms with E-state index < -0.39 is 5.97 Å². The zero-order valence-corrected chi connectivity index (χ0v) is 8.34. The van der Waals surface area contributed by atoms with E-state index in [2.05, 4.69) is 11.6 Å². The fourth-order valence-electron chi connectivity index (χ4n) is 1.23. The monoisotopic (exact) mass is 219 g/mol. The van der Waals surface area contributed by atoms with Crippen LogP contribution in [0, 0.1) is 0 Å². The number of rotatable bonds is 4. The van der Waals surface area contributed by atoms with Crippen LogP contribution in [0.4, 0.5) is 0 Å². The largest absolute Gasteiger partial charge is 0.478 e. The summed E-state index contributed by atoms with van der Waals surface area (Å²) in [6, 6.07) is 4.44. The van der Waals surface area contributed by atoms with E-state index in [9.17, 15) is 4.79 Å². The first-order valence-electron chi connectivity index (χ1n) is 4.58. The Labute approximate surface area is 91.0 Å². The molecule has 0 aliphatic carbocycles. The molecule has 0 spiro atoms.